The van der Waals surface area contributed by atoms with Gasteiger partial charge in [-0.1, -0.05) is 13.8 Å². The maximum atomic E-state index is 8.54. The van der Waals surface area contributed by atoms with E-state index in [2.05, 4.69) is 31.5 Å². The first kappa shape index (κ1) is 12.8. The van der Waals surface area contributed by atoms with Crippen LogP contribution in [0.4, 0.5) is 0 Å². The molecule has 13 heavy (non-hydrogen) atoms. The number of thioether (sulfide) groups is 1. The first-order chi connectivity index (χ1) is 6.24. The zero-order valence-corrected chi connectivity index (χ0v) is 9.66. The van der Waals surface area contributed by atoms with E-state index in [0.717, 1.165) is 13.0 Å². The van der Waals surface area contributed by atoms with Crippen LogP contribution in [-0.2, 0) is 0 Å². The van der Waals surface area contributed by atoms with Crippen molar-refractivity contribution in [1.29, 1.82) is 5.26 Å². The van der Waals surface area contributed by atoms with Crippen LogP contribution < -0.4 is 5.32 Å². The van der Waals surface area contributed by atoms with E-state index in [1.807, 2.05) is 11.8 Å². The van der Waals surface area contributed by atoms with Crippen LogP contribution in [0.1, 0.15) is 26.7 Å². The van der Waals surface area contributed by atoms with Crippen LogP contribution in [-0.4, -0.2) is 24.6 Å². The van der Waals surface area contributed by atoms with E-state index in [1.54, 1.807) is 0 Å². The highest BCUT2D eigenvalue weighted by atomic mass is 32.2. The molecule has 0 rings (SSSR count). The number of hydrogen-bond donors (Lipinski definition) is 1. The zero-order valence-electron chi connectivity index (χ0n) is 8.84. The minimum atomic E-state index is 0.384. The monoisotopic (exact) mass is 200 g/mol. The van der Waals surface area contributed by atoms with E-state index in [4.69, 9.17) is 5.26 Å². The first-order valence-electron chi connectivity index (χ1n) is 4.83. The Morgan fingerprint density at radius 2 is 2.23 bits per heavy atom. The lowest BCUT2D eigenvalue weighted by molar-refractivity contribution is 0.460. The maximum Gasteiger partial charge on any atom is 0.0638 e. The van der Waals surface area contributed by atoms with E-state index in [1.165, 1.54) is 5.75 Å². The topological polar surface area (TPSA) is 35.8 Å². The van der Waals surface area contributed by atoms with Gasteiger partial charge in [-0.15, -0.1) is 0 Å². The van der Waals surface area contributed by atoms with Crippen LogP contribution in [0.5, 0.6) is 0 Å². The lowest BCUT2D eigenvalue weighted by Gasteiger charge is -2.16. The highest BCUT2D eigenvalue weighted by molar-refractivity contribution is 7.98. The third kappa shape index (κ3) is 6.92. The zero-order chi connectivity index (χ0) is 10.1. The molecular formula is C10H20N2S. The molecule has 0 amide bonds. The van der Waals surface area contributed by atoms with E-state index in [0.29, 0.717) is 18.4 Å². The van der Waals surface area contributed by atoms with Gasteiger partial charge in [-0.25, -0.2) is 0 Å². The normalized spacial score (nSPS) is 14.9. The highest BCUT2D eigenvalue weighted by Gasteiger charge is 2.06. The highest BCUT2D eigenvalue weighted by Crippen LogP contribution is 2.04. The molecular weight excluding hydrogens is 180 g/mol. The Morgan fingerprint density at radius 3 is 2.69 bits per heavy atom. The lowest BCUT2D eigenvalue weighted by atomic mass is 10.1. The number of rotatable bonds is 7. The van der Waals surface area contributed by atoms with Gasteiger partial charge >= 0.3 is 0 Å². The second-order valence-corrected chi connectivity index (χ2v) is 4.35. The quantitative estimate of drug-likeness (QED) is 0.685. The largest absolute Gasteiger partial charge is 0.313 e. The average molecular weight is 200 g/mol. The van der Waals surface area contributed by atoms with E-state index < -0.39 is 0 Å². The van der Waals surface area contributed by atoms with Crippen LogP contribution in [0, 0.1) is 17.2 Å². The van der Waals surface area contributed by atoms with Gasteiger partial charge in [0.25, 0.3) is 0 Å². The summed E-state index contributed by atoms with van der Waals surface area (Å²) >= 11 is 1.88. The predicted octanol–water partition coefficient (Wildman–Crippen LogP) is 2.27. The van der Waals surface area contributed by atoms with Gasteiger partial charge in [0.15, 0.2) is 0 Å². The van der Waals surface area contributed by atoms with Gasteiger partial charge in [-0.3, -0.25) is 0 Å². The molecule has 0 aliphatic carbocycles. The molecule has 76 valence electrons. The van der Waals surface area contributed by atoms with Crippen molar-refractivity contribution in [2.45, 2.75) is 32.7 Å². The second-order valence-electron chi connectivity index (χ2n) is 3.44. The summed E-state index contributed by atoms with van der Waals surface area (Å²) in [5, 5.41) is 12.0. The smallest absolute Gasteiger partial charge is 0.0638 e. The van der Waals surface area contributed by atoms with E-state index in [9.17, 15) is 0 Å². The van der Waals surface area contributed by atoms with Crippen molar-refractivity contribution in [3.05, 3.63) is 0 Å². The van der Waals surface area contributed by atoms with Crippen molar-refractivity contribution in [2.75, 3.05) is 18.6 Å². The molecule has 3 heteroatoms. The van der Waals surface area contributed by atoms with Gasteiger partial charge in [0.2, 0.25) is 0 Å². The van der Waals surface area contributed by atoms with Gasteiger partial charge in [-0.2, -0.15) is 17.0 Å². The second kappa shape index (κ2) is 8.40. The van der Waals surface area contributed by atoms with Crippen molar-refractivity contribution < 1.29 is 0 Å². The summed E-state index contributed by atoms with van der Waals surface area (Å²) in [6.45, 7) is 5.39. The van der Waals surface area contributed by atoms with E-state index >= 15 is 0 Å². The molecule has 0 spiro atoms. The van der Waals surface area contributed by atoms with E-state index in [-0.39, 0.29) is 0 Å². The van der Waals surface area contributed by atoms with Gasteiger partial charge in [0.1, 0.15) is 0 Å². The minimum absolute atomic E-state index is 0.384. The van der Waals surface area contributed by atoms with Crippen molar-refractivity contribution in [3.63, 3.8) is 0 Å². The molecule has 0 saturated carbocycles. The Kier molecular flexibility index (Phi) is 8.27. The summed E-state index contributed by atoms with van der Waals surface area (Å²) in [7, 11) is 0. The molecule has 1 N–H and O–H groups in total. The van der Waals surface area contributed by atoms with Crippen LogP contribution >= 0.6 is 11.8 Å². The molecule has 0 bridgehead atoms. The van der Waals surface area contributed by atoms with Crippen molar-refractivity contribution in [1.82, 2.24) is 5.32 Å². The van der Waals surface area contributed by atoms with Crippen LogP contribution in [0.3, 0.4) is 0 Å². The molecule has 0 aromatic heterocycles. The van der Waals surface area contributed by atoms with Gasteiger partial charge in [0.05, 0.1) is 12.5 Å². The summed E-state index contributed by atoms with van der Waals surface area (Å²) < 4.78 is 0. The maximum absolute atomic E-state index is 8.54. The fourth-order valence-corrected chi connectivity index (χ4v) is 1.87. The molecule has 0 radical (unpaired) electrons. The van der Waals surface area contributed by atoms with Crippen molar-refractivity contribution >= 4 is 11.8 Å². The Labute approximate surface area is 86.1 Å². The minimum Gasteiger partial charge on any atom is -0.313 e. The summed E-state index contributed by atoms with van der Waals surface area (Å²) in [6, 6.07) is 2.59. The predicted molar refractivity (Wildman–Crippen MR) is 59.9 cm³/mol. The molecule has 0 aliphatic rings. The van der Waals surface area contributed by atoms with Gasteiger partial charge in [0, 0.05) is 6.04 Å². The van der Waals surface area contributed by atoms with Crippen LogP contribution in [0.25, 0.3) is 0 Å². The standard InChI is InChI=1S/C10H20N2S/c1-4-10(5-6-11)12-7-9(2)8-13-3/h9-10,12H,4-5,7-8H2,1-3H3. The third-order valence-electron chi connectivity index (χ3n) is 2.04. The molecule has 0 saturated heterocycles. The van der Waals surface area contributed by atoms with Crippen LogP contribution in [0.2, 0.25) is 0 Å². The third-order valence-corrected chi connectivity index (χ3v) is 2.94. The lowest BCUT2D eigenvalue weighted by Crippen LogP contribution is -2.32. The molecule has 0 aromatic rings. The number of nitrogens with one attached hydrogen (secondary N) is 1. The summed E-state index contributed by atoms with van der Waals surface area (Å²) in [4.78, 5) is 0. The summed E-state index contributed by atoms with van der Waals surface area (Å²) in [6.07, 6.45) is 3.80. The molecule has 0 fully saturated rings. The molecule has 0 aliphatic heterocycles. The summed E-state index contributed by atoms with van der Waals surface area (Å²) in [5.74, 6) is 1.89. The fourth-order valence-electron chi connectivity index (χ4n) is 1.18. The van der Waals surface area contributed by atoms with Gasteiger partial charge < -0.3 is 5.32 Å². The number of nitrogens with zero attached hydrogens (tertiary/aromatic N) is 1. The Hall–Kier alpha value is -0.200. The Bertz CT molecular complexity index is 153. The summed E-state index contributed by atoms with van der Waals surface area (Å²) in [5.41, 5.74) is 0. The Morgan fingerprint density at radius 1 is 1.54 bits per heavy atom. The average Bonchev–Trinajstić information content (AvgIpc) is 2.12. The Balaban J connectivity index is 3.53. The molecule has 0 heterocycles. The SMILES string of the molecule is CCC(CC#N)NCC(C)CSC. The molecule has 2 atom stereocenters. The number of hydrogen-bond acceptors (Lipinski definition) is 3. The fraction of sp³-hybridized carbons (Fsp3) is 0.900. The molecule has 2 unspecified atom stereocenters. The van der Waals surface area contributed by atoms with Crippen LogP contribution in [0.15, 0.2) is 0 Å². The van der Waals surface area contributed by atoms with Gasteiger partial charge in [-0.05, 0) is 30.9 Å². The molecule has 0 aromatic carbocycles. The first-order valence-corrected chi connectivity index (χ1v) is 6.23. The van der Waals surface area contributed by atoms with Crippen molar-refractivity contribution in [3.8, 4) is 6.07 Å². The number of nitriles is 1. The van der Waals surface area contributed by atoms with Crippen molar-refractivity contribution in [2.24, 2.45) is 5.92 Å². The molecule has 2 nitrogen and oxygen atoms in total.